The molecule has 4 rings (SSSR count). The van der Waals surface area contributed by atoms with Crippen LogP contribution in [0.3, 0.4) is 0 Å². The van der Waals surface area contributed by atoms with Gasteiger partial charge in [0.2, 0.25) is 6.41 Å². The molecular weight excluding hydrogens is 378 g/mol. The summed E-state index contributed by atoms with van der Waals surface area (Å²) in [5, 5.41) is 0. The Morgan fingerprint density at radius 3 is 2.25 bits per heavy atom. The first-order valence-corrected chi connectivity index (χ1v) is 10.6. The van der Waals surface area contributed by atoms with Gasteiger partial charge in [0, 0.05) is 38.3 Å². The molecule has 2 aromatic rings. The van der Waals surface area contributed by atoms with E-state index in [9.17, 15) is 18.0 Å². The molecule has 2 aliphatic heterocycles. The van der Waals surface area contributed by atoms with Crippen molar-refractivity contribution in [2.24, 2.45) is 0 Å². The van der Waals surface area contributed by atoms with Gasteiger partial charge >= 0.3 is 0 Å². The molecule has 0 aliphatic carbocycles. The molecule has 2 heterocycles. The van der Waals surface area contributed by atoms with Gasteiger partial charge in [-0.2, -0.15) is 0 Å². The Morgan fingerprint density at radius 1 is 0.893 bits per heavy atom. The second kappa shape index (κ2) is 7.27. The first kappa shape index (κ1) is 18.5. The van der Waals surface area contributed by atoms with Crippen molar-refractivity contribution in [3.8, 4) is 0 Å². The average molecular weight is 399 g/mol. The summed E-state index contributed by atoms with van der Waals surface area (Å²) in [4.78, 5) is 26.9. The molecule has 0 spiro atoms. The van der Waals surface area contributed by atoms with Crippen LogP contribution in [0.15, 0.2) is 53.4 Å². The third-order valence-electron chi connectivity index (χ3n) is 5.28. The fourth-order valence-electron chi connectivity index (χ4n) is 3.67. The highest BCUT2D eigenvalue weighted by molar-refractivity contribution is 7.92. The molecule has 1 saturated heterocycles. The van der Waals surface area contributed by atoms with Crippen LogP contribution >= 0.6 is 0 Å². The summed E-state index contributed by atoms with van der Waals surface area (Å²) in [5.74, 6) is -0.152. The minimum atomic E-state index is -3.67. The second-order valence-electron chi connectivity index (χ2n) is 6.91. The van der Waals surface area contributed by atoms with Crippen LogP contribution < -0.4 is 4.31 Å². The number of sulfonamides is 1. The van der Waals surface area contributed by atoms with E-state index < -0.39 is 10.0 Å². The standard InChI is InChI=1S/C20H21N3O4S/c24-15-21-11-13-22(14-12-21)20(25)17-5-7-18(8-6-17)28(26,27)23-10-9-16-3-1-2-4-19(16)23/h1-8,15H,9-14H2. The molecule has 0 atom stereocenters. The molecule has 0 unspecified atom stereocenters. The zero-order valence-electron chi connectivity index (χ0n) is 15.3. The van der Waals surface area contributed by atoms with E-state index in [4.69, 9.17) is 0 Å². The summed E-state index contributed by atoms with van der Waals surface area (Å²) < 4.78 is 27.5. The number of para-hydroxylation sites is 1. The molecule has 0 bridgehead atoms. The largest absolute Gasteiger partial charge is 0.342 e. The van der Waals surface area contributed by atoms with Gasteiger partial charge in [-0.1, -0.05) is 18.2 Å². The average Bonchev–Trinajstić information content (AvgIpc) is 3.18. The van der Waals surface area contributed by atoms with Gasteiger partial charge in [0.25, 0.3) is 15.9 Å². The lowest BCUT2D eigenvalue weighted by molar-refractivity contribution is -0.119. The minimum absolute atomic E-state index is 0.152. The Kier molecular flexibility index (Phi) is 4.80. The molecule has 0 aromatic heterocycles. The number of amides is 2. The lowest BCUT2D eigenvalue weighted by Gasteiger charge is -2.32. The van der Waals surface area contributed by atoms with E-state index in [1.807, 2.05) is 24.3 Å². The molecule has 0 saturated carbocycles. The van der Waals surface area contributed by atoms with E-state index in [0.29, 0.717) is 44.7 Å². The fourth-order valence-corrected chi connectivity index (χ4v) is 5.17. The molecule has 0 radical (unpaired) electrons. The molecule has 1 fully saturated rings. The third kappa shape index (κ3) is 3.24. The van der Waals surface area contributed by atoms with Gasteiger partial charge in [0.1, 0.15) is 0 Å². The maximum absolute atomic E-state index is 13.0. The first-order valence-electron chi connectivity index (χ1n) is 9.20. The van der Waals surface area contributed by atoms with Crippen LogP contribution in [-0.2, 0) is 21.2 Å². The summed E-state index contributed by atoms with van der Waals surface area (Å²) in [5.41, 5.74) is 2.18. The molecule has 146 valence electrons. The Hall–Kier alpha value is -2.87. The first-order chi connectivity index (χ1) is 13.5. The van der Waals surface area contributed by atoms with E-state index in [2.05, 4.69) is 0 Å². The zero-order chi connectivity index (χ0) is 19.7. The SMILES string of the molecule is O=CN1CCN(C(=O)c2ccc(S(=O)(=O)N3CCc4ccccc43)cc2)CC1. The number of anilines is 1. The topological polar surface area (TPSA) is 78.0 Å². The van der Waals surface area contributed by atoms with E-state index in [0.717, 1.165) is 17.7 Å². The Labute approximate surface area is 164 Å². The Balaban J connectivity index is 1.52. The molecule has 0 N–H and O–H groups in total. The normalized spacial score (nSPS) is 16.8. The number of hydrogen-bond acceptors (Lipinski definition) is 4. The molecule has 8 heteroatoms. The van der Waals surface area contributed by atoms with Gasteiger partial charge in [0.05, 0.1) is 10.6 Å². The smallest absolute Gasteiger partial charge is 0.264 e. The second-order valence-corrected chi connectivity index (χ2v) is 8.78. The lowest BCUT2D eigenvalue weighted by atomic mass is 10.2. The predicted octanol–water partition coefficient (Wildman–Crippen LogP) is 1.35. The van der Waals surface area contributed by atoms with Crippen LogP contribution in [0.5, 0.6) is 0 Å². The monoisotopic (exact) mass is 399 g/mol. The molecule has 28 heavy (non-hydrogen) atoms. The van der Waals surface area contributed by atoms with Crippen LogP contribution in [0.2, 0.25) is 0 Å². The number of benzene rings is 2. The van der Waals surface area contributed by atoms with Crippen molar-refractivity contribution >= 4 is 28.0 Å². The molecular formula is C20H21N3O4S. The molecule has 7 nitrogen and oxygen atoms in total. The zero-order valence-corrected chi connectivity index (χ0v) is 16.1. The summed E-state index contributed by atoms with van der Waals surface area (Å²) >= 11 is 0. The highest BCUT2D eigenvalue weighted by Crippen LogP contribution is 2.32. The lowest BCUT2D eigenvalue weighted by Crippen LogP contribution is -2.48. The predicted molar refractivity (Wildman–Crippen MR) is 105 cm³/mol. The van der Waals surface area contributed by atoms with E-state index >= 15 is 0 Å². The number of piperazine rings is 1. The van der Waals surface area contributed by atoms with Crippen molar-refractivity contribution in [1.29, 1.82) is 0 Å². The van der Waals surface area contributed by atoms with E-state index in [1.54, 1.807) is 21.9 Å². The van der Waals surface area contributed by atoms with Gasteiger partial charge in [0.15, 0.2) is 0 Å². The van der Waals surface area contributed by atoms with Crippen molar-refractivity contribution in [3.05, 3.63) is 59.7 Å². The van der Waals surface area contributed by atoms with Gasteiger partial charge < -0.3 is 9.80 Å². The van der Waals surface area contributed by atoms with Gasteiger partial charge in [-0.25, -0.2) is 8.42 Å². The molecule has 2 aromatic carbocycles. The Bertz CT molecular complexity index is 996. The number of rotatable bonds is 4. The van der Waals surface area contributed by atoms with Gasteiger partial charge in [-0.3, -0.25) is 13.9 Å². The maximum atomic E-state index is 13.0. The van der Waals surface area contributed by atoms with Crippen LogP contribution in [0.25, 0.3) is 0 Å². The Morgan fingerprint density at radius 2 is 1.57 bits per heavy atom. The number of carbonyl (C=O) groups excluding carboxylic acids is 2. The number of fused-ring (bicyclic) bond motifs is 1. The van der Waals surface area contributed by atoms with Crippen molar-refractivity contribution in [2.45, 2.75) is 11.3 Å². The van der Waals surface area contributed by atoms with E-state index in [1.165, 1.54) is 16.4 Å². The number of nitrogens with zero attached hydrogens (tertiary/aromatic N) is 3. The highest BCUT2D eigenvalue weighted by Gasteiger charge is 2.31. The number of hydrogen-bond donors (Lipinski definition) is 0. The van der Waals surface area contributed by atoms with Crippen molar-refractivity contribution in [3.63, 3.8) is 0 Å². The third-order valence-corrected chi connectivity index (χ3v) is 7.11. The summed E-state index contributed by atoms with van der Waals surface area (Å²) in [6.07, 6.45) is 1.48. The summed E-state index contributed by atoms with van der Waals surface area (Å²) in [6, 6.07) is 13.6. The van der Waals surface area contributed by atoms with Crippen LogP contribution in [0.4, 0.5) is 5.69 Å². The summed E-state index contributed by atoms with van der Waals surface area (Å²) in [6.45, 7) is 2.39. The highest BCUT2D eigenvalue weighted by atomic mass is 32.2. The minimum Gasteiger partial charge on any atom is -0.342 e. The van der Waals surface area contributed by atoms with E-state index in [-0.39, 0.29) is 10.8 Å². The maximum Gasteiger partial charge on any atom is 0.264 e. The van der Waals surface area contributed by atoms with Crippen molar-refractivity contribution in [1.82, 2.24) is 9.80 Å². The summed E-state index contributed by atoms with van der Waals surface area (Å²) in [7, 11) is -3.67. The quantitative estimate of drug-likeness (QED) is 0.727. The van der Waals surface area contributed by atoms with Gasteiger partial charge in [-0.05, 0) is 42.3 Å². The van der Waals surface area contributed by atoms with Crippen LogP contribution in [0.1, 0.15) is 15.9 Å². The van der Waals surface area contributed by atoms with Crippen LogP contribution in [0, 0.1) is 0 Å². The molecule has 2 amide bonds. The van der Waals surface area contributed by atoms with Crippen LogP contribution in [-0.4, -0.2) is 63.3 Å². The molecule has 2 aliphatic rings. The number of carbonyl (C=O) groups is 2. The fraction of sp³-hybridized carbons (Fsp3) is 0.300. The van der Waals surface area contributed by atoms with Crippen molar-refractivity contribution < 1.29 is 18.0 Å². The van der Waals surface area contributed by atoms with Crippen molar-refractivity contribution in [2.75, 3.05) is 37.0 Å². The van der Waals surface area contributed by atoms with Gasteiger partial charge in [-0.15, -0.1) is 0 Å².